The van der Waals surface area contributed by atoms with Crippen LogP contribution in [0, 0.1) is 0 Å². The van der Waals surface area contributed by atoms with Crippen molar-refractivity contribution in [2.45, 2.75) is 5.75 Å². The second-order valence-corrected chi connectivity index (χ2v) is 2.25. The van der Waals surface area contributed by atoms with Gasteiger partial charge in [0.2, 0.25) is 0 Å². The molecule has 9 heavy (non-hydrogen) atoms. The third-order valence-electron chi connectivity index (χ3n) is 1.06. The molecule has 0 heterocycles. The van der Waals surface area contributed by atoms with Crippen molar-refractivity contribution in [2.24, 2.45) is 0 Å². The monoisotopic (exact) mass is 142 g/mol. The third kappa shape index (κ3) is 2.06. The van der Waals surface area contributed by atoms with Crippen molar-refractivity contribution in [3.05, 3.63) is 35.9 Å². The van der Waals surface area contributed by atoms with Crippen molar-refractivity contribution in [3.8, 4) is 0 Å². The molecule has 2 heteroatoms. The Hall–Kier alpha value is -0.500. The number of halogens is 1. The Kier molecular flexibility index (Phi) is 2.58. The SMILES string of the molecule is FSCc1ccccc1. The molecule has 0 amide bonds. The van der Waals surface area contributed by atoms with E-state index in [0.29, 0.717) is 17.9 Å². The summed E-state index contributed by atoms with van der Waals surface area (Å²) in [5, 5.41) is 0. The summed E-state index contributed by atoms with van der Waals surface area (Å²) in [6, 6.07) is 9.56. The molecule has 0 unspecified atom stereocenters. The van der Waals surface area contributed by atoms with Gasteiger partial charge in [-0.15, -0.1) is 0 Å². The van der Waals surface area contributed by atoms with E-state index in [4.69, 9.17) is 0 Å². The molecule has 0 atom stereocenters. The summed E-state index contributed by atoms with van der Waals surface area (Å²) >= 11 is 0.355. The van der Waals surface area contributed by atoms with E-state index in [9.17, 15) is 3.89 Å². The van der Waals surface area contributed by atoms with E-state index in [0.717, 1.165) is 5.56 Å². The van der Waals surface area contributed by atoms with Crippen molar-refractivity contribution >= 4 is 12.1 Å². The van der Waals surface area contributed by atoms with Gasteiger partial charge in [0.25, 0.3) is 0 Å². The van der Waals surface area contributed by atoms with Crippen molar-refractivity contribution in [2.75, 3.05) is 0 Å². The zero-order chi connectivity index (χ0) is 6.53. The van der Waals surface area contributed by atoms with Gasteiger partial charge in [0.1, 0.15) is 0 Å². The lowest BCUT2D eigenvalue weighted by atomic mass is 10.2. The summed E-state index contributed by atoms with van der Waals surface area (Å²) < 4.78 is 11.6. The van der Waals surface area contributed by atoms with Crippen LogP contribution in [-0.4, -0.2) is 0 Å². The smallest absolute Gasteiger partial charge is 0.0501 e. The van der Waals surface area contributed by atoms with Gasteiger partial charge < -0.3 is 0 Å². The Morgan fingerprint density at radius 3 is 2.44 bits per heavy atom. The van der Waals surface area contributed by atoms with Gasteiger partial charge in [-0.1, -0.05) is 30.3 Å². The summed E-state index contributed by atoms with van der Waals surface area (Å²) in [6.45, 7) is 0. The van der Waals surface area contributed by atoms with Gasteiger partial charge in [-0.25, -0.2) is 0 Å². The zero-order valence-electron chi connectivity index (χ0n) is 4.88. The van der Waals surface area contributed by atoms with E-state index in [1.807, 2.05) is 30.3 Å². The van der Waals surface area contributed by atoms with E-state index >= 15 is 0 Å². The molecule has 0 fully saturated rings. The van der Waals surface area contributed by atoms with E-state index in [-0.39, 0.29) is 0 Å². The Bertz CT molecular complexity index is 162. The normalized spacial score (nSPS) is 9.44. The molecular weight excluding hydrogens is 135 g/mol. The number of rotatable bonds is 2. The molecule has 1 aromatic carbocycles. The van der Waals surface area contributed by atoms with Crippen LogP contribution in [0.3, 0.4) is 0 Å². The molecule has 0 saturated heterocycles. The fraction of sp³-hybridized carbons (Fsp3) is 0.143. The standard InChI is InChI=1S/C7H7FS/c8-9-6-7-4-2-1-3-5-7/h1-5H,6H2. The van der Waals surface area contributed by atoms with Gasteiger partial charge in [-0.2, -0.15) is 3.89 Å². The maximum absolute atomic E-state index is 11.6. The first-order valence-corrected chi connectivity index (χ1v) is 3.59. The lowest BCUT2D eigenvalue weighted by Crippen LogP contribution is -1.73. The molecule has 0 radical (unpaired) electrons. The highest BCUT2D eigenvalue weighted by molar-refractivity contribution is 7.93. The van der Waals surface area contributed by atoms with Crippen LogP contribution >= 0.6 is 12.1 Å². The van der Waals surface area contributed by atoms with Crippen molar-refractivity contribution in [3.63, 3.8) is 0 Å². The summed E-state index contributed by atoms with van der Waals surface area (Å²) in [5.74, 6) is 0.459. The molecular formula is C7H7FS. The topological polar surface area (TPSA) is 0 Å². The molecule has 1 rings (SSSR count). The molecule has 0 aromatic heterocycles. The van der Waals surface area contributed by atoms with Crippen LogP contribution in [0.25, 0.3) is 0 Å². The zero-order valence-corrected chi connectivity index (χ0v) is 5.70. The fourth-order valence-electron chi connectivity index (χ4n) is 0.637. The van der Waals surface area contributed by atoms with Crippen LogP contribution in [0.15, 0.2) is 30.3 Å². The average molecular weight is 142 g/mol. The van der Waals surface area contributed by atoms with Gasteiger partial charge in [0, 0.05) is 12.1 Å². The summed E-state index contributed by atoms with van der Waals surface area (Å²) in [5.41, 5.74) is 1.03. The maximum atomic E-state index is 11.6. The summed E-state index contributed by atoms with van der Waals surface area (Å²) in [4.78, 5) is 0. The fourth-order valence-corrected chi connectivity index (χ4v) is 0.956. The Morgan fingerprint density at radius 1 is 1.22 bits per heavy atom. The minimum absolute atomic E-state index is 0.355. The molecule has 0 aliphatic carbocycles. The average Bonchev–Trinajstić information content (AvgIpc) is 1.91. The van der Waals surface area contributed by atoms with E-state index in [2.05, 4.69) is 0 Å². The molecule has 48 valence electrons. The summed E-state index contributed by atoms with van der Waals surface area (Å²) in [6.07, 6.45) is 0. The predicted octanol–water partition coefficient (Wildman–Crippen LogP) is 2.80. The van der Waals surface area contributed by atoms with Crippen LogP contribution in [-0.2, 0) is 5.75 Å². The maximum Gasteiger partial charge on any atom is 0.0501 e. The number of benzene rings is 1. The van der Waals surface area contributed by atoms with Crippen LogP contribution in [0.1, 0.15) is 5.56 Å². The first-order valence-electron chi connectivity index (χ1n) is 2.71. The Morgan fingerprint density at radius 2 is 1.89 bits per heavy atom. The van der Waals surface area contributed by atoms with Gasteiger partial charge >= 0.3 is 0 Å². The molecule has 0 N–H and O–H groups in total. The van der Waals surface area contributed by atoms with Gasteiger partial charge in [-0.3, -0.25) is 0 Å². The van der Waals surface area contributed by atoms with Crippen LogP contribution in [0.4, 0.5) is 3.89 Å². The first-order chi connectivity index (χ1) is 4.43. The highest BCUT2D eigenvalue weighted by Gasteiger charge is 1.87. The minimum atomic E-state index is 0.355. The lowest BCUT2D eigenvalue weighted by Gasteiger charge is -1.91. The van der Waals surface area contributed by atoms with Gasteiger partial charge in [0.05, 0.1) is 5.75 Å². The second kappa shape index (κ2) is 3.51. The second-order valence-electron chi connectivity index (χ2n) is 1.74. The first kappa shape index (κ1) is 6.62. The minimum Gasteiger partial charge on any atom is -0.165 e. The van der Waals surface area contributed by atoms with E-state index in [1.165, 1.54) is 0 Å². The van der Waals surface area contributed by atoms with Crippen LogP contribution < -0.4 is 0 Å². The van der Waals surface area contributed by atoms with Gasteiger partial charge in [-0.05, 0) is 5.56 Å². The molecule has 0 bridgehead atoms. The molecule has 0 saturated carbocycles. The van der Waals surface area contributed by atoms with E-state index < -0.39 is 0 Å². The molecule has 0 spiro atoms. The predicted molar refractivity (Wildman–Crippen MR) is 38.8 cm³/mol. The molecule has 0 aliphatic heterocycles. The highest BCUT2D eigenvalue weighted by Crippen LogP contribution is 2.10. The van der Waals surface area contributed by atoms with Crippen molar-refractivity contribution in [1.29, 1.82) is 0 Å². The van der Waals surface area contributed by atoms with Crippen LogP contribution in [0.5, 0.6) is 0 Å². The van der Waals surface area contributed by atoms with Gasteiger partial charge in [0.15, 0.2) is 0 Å². The van der Waals surface area contributed by atoms with Crippen LogP contribution in [0.2, 0.25) is 0 Å². The molecule has 0 nitrogen and oxygen atoms in total. The lowest BCUT2D eigenvalue weighted by molar-refractivity contribution is 0.933. The Balaban J connectivity index is 2.61. The number of hydrogen-bond acceptors (Lipinski definition) is 1. The van der Waals surface area contributed by atoms with Crippen molar-refractivity contribution < 1.29 is 3.89 Å². The largest absolute Gasteiger partial charge is 0.165 e. The quantitative estimate of drug-likeness (QED) is 0.611. The Labute approximate surface area is 58.4 Å². The number of hydrogen-bond donors (Lipinski definition) is 0. The third-order valence-corrected chi connectivity index (χ3v) is 1.51. The highest BCUT2D eigenvalue weighted by atomic mass is 32.2. The molecule has 0 aliphatic rings. The summed E-state index contributed by atoms with van der Waals surface area (Å²) in [7, 11) is 0. The van der Waals surface area contributed by atoms with E-state index in [1.54, 1.807) is 0 Å². The van der Waals surface area contributed by atoms with Crippen molar-refractivity contribution in [1.82, 2.24) is 0 Å². The molecule has 1 aromatic rings.